The standard InChI is InChI=1S/18C6H5.7C4H8.8Sn/c18*1-2-4-6-5-3-1;7*1-3-4-2;;;;;;;;/h18*1-5H;7*1-4H2;;;;;;;;. The molecule has 0 amide bonds. The summed E-state index contributed by atoms with van der Waals surface area (Å²) >= 11 is -29.0. The molecule has 0 saturated heterocycles. The van der Waals surface area contributed by atoms with Gasteiger partial charge in [-0.15, -0.1) is 0 Å². The van der Waals surface area contributed by atoms with Crippen LogP contribution in [0.25, 0.3) is 0 Å². The van der Waals surface area contributed by atoms with Crippen molar-refractivity contribution in [2.45, 2.75) is 152 Å². The summed E-state index contributed by atoms with van der Waals surface area (Å²) in [7, 11) is 0. The number of rotatable bonds is 53. The van der Waals surface area contributed by atoms with Crippen molar-refractivity contribution in [2.75, 3.05) is 0 Å². The summed E-state index contributed by atoms with van der Waals surface area (Å²) < 4.78 is 48.7. The average Bonchev–Trinajstić information content (AvgIpc) is 0.781. The fourth-order valence-electron chi connectivity index (χ4n) is 26.4. The summed E-state index contributed by atoms with van der Waals surface area (Å²) in [6.45, 7) is 0. The Labute approximate surface area is 897 Å². The fraction of sp³-hybridized carbons (Fsp3) is 0.206. The van der Waals surface area contributed by atoms with Gasteiger partial charge in [0.25, 0.3) is 0 Å². The van der Waals surface area contributed by atoms with E-state index in [1.165, 1.54) is 152 Å². The topological polar surface area (TPSA) is 0 Å². The first-order chi connectivity index (χ1) is 71.3. The molecule has 0 fully saturated rings. The Balaban J connectivity index is 0.759. The Bertz CT molecular complexity index is 5060. The molecule has 0 bridgehead atoms. The van der Waals surface area contributed by atoms with E-state index in [1.54, 1.807) is 64.4 Å². The van der Waals surface area contributed by atoms with Gasteiger partial charge >= 0.3 is 909 Å². The molecular weight excluding hydrogens is 2580 g/mol. The molecule has 0 heterocycles. The van der Waals surface area contributed by atoms with Crippen molar-refractivity contribution in [1.82, 2.24) is 0 Å². The van der Waals surface area contributed by atoms with Gasteiger partial charge in [0.1, 0.15) is 0 Å². The molecule has 0 spiro atoms. The predicted octanol–water partition coefficient (Wildman–Crippen LogP) is 24.4. The van der Waals surface area contributed by atoms with Crippen LogP contribution in [0.4, 0.5) is 0 Å². The van der Waals surface area contributed by atoms with E-state index in [2.05, 4.69) is 546 Å². The Morgan fingerprint density at radius 2 is 0.139 bits per heavy atom. The van der Waals surface area contributed by atoms with E-state index in [9.17, 15) is 0 Å². The molecule has 0 radical (unpaired) electrons. The third-order valence-electron chi connectivity index (χ3n) is 33.5. The second-order valence-corrected chi connectivity index (χ2v) is 139. The molecule has 18 aromatic rings. The number of unbranched alkanes of at least 4 members (excludes halogenated alkanes) is 7. The number of hydrogen-bond donors (Lipinski definition) is 0. The summed E-state index contributed by atoms with van der Waals surface area (Å²) in [6.07, 6.45) is 18.4. The molecule has 8 heteroatoms. The van der Waals surface area contributed by atoms with Gasteiger partial charge < -0.3 is 0 Å². The molecule has 0 N–H and O–H groups in total. The van der Waals surface area contributed by atoms with Crippen molar-refractivity contribution in [3.63, 3.8) is 0 Å². The SMILES string of the molecule is c1cc[c]([Sn]([CH2]CC[CH2][Sn]([CH2]CC[CH2][Sn]([CH2]CC[CH2][Sn]([c]2ccccc2)([c]2ccccc2)[c]2ccccc2)([CH2]CC[CH2][Sn]([c]2ccccc2)([c]2ccccc2)[c]2ccccc2)[CH2]CC[CH2][Sn]([c]2ccccc2)([c]2ccccc2)[c]2ccccc2)([CH2]CC[CH2][Sn]([c]2ccccc2)([c]2ccccc2)[c]2ccccc2)[CH2]CC[CH2][Sn]([c]2ccccc2)([c]2ccccc2)[c]2ccccc2)([c]2ccccc2)[c]2ccccc2)cc1. The summed E-state index contributed by atoms with van der Waals surface area (Å²) in [5.41, 5.74) is 0. The van der Waals surface area contributed by atoms with Gasteiger partial charge in [0.15, 0.2) is 0 Å². The van der Waals surface area contributed by atoms with Gasteiger partial charge in [0.2, 0.25) is 0 Å². The van der Waals surface area contributed by atoms with Crippen LogP contribution in [0.5, 0.6) is 0 Å². The van der Waals surface area contributed by atoms with Crippen molar-refractivity contribution in [3.05, 3.63) is 546 Å². The summed E-state index contributed by atoms with van der Waals surface area (Å²) in [6, 6.07) is 217. The van der Waals surface area contributed by atoms with Gasteiger partial charge in [0.05, 0.1) is 0 Å². The van der Waals surface area contributed by atoms with Crippen LogP contribution in [0.3, 0.4) is 0 Å². The number of hydrogen-bond acceptors (Lipinski definition) is 0. The molecule has 18 rings (SSSR count). The molecule has 0 atom stereocenters. The first-order valence-corrected chi connectivity index (χ1v) is 108. The van der Waals surface area contributed by atoms with E-state index < -0.39 is 147 Å². The minimum atomic E-state index is -3.70. The number of benzene rings is 18. The molecule has 0 aliphatic carbocycles. The normalized spacial score (nSPS) is 12.2. The molecule has 722 valence electrons. The van der Waals surface area contributed by atoms with Gasteiger partial charge in [-0.3, -0.25) is 0 Å². The molecule has 0 aromatic heterocycles. The third-order valence-corrected chi connectivity index (χ3v) is 152. The first-order valence-electron chi connectivity index (χ1n) is 54.3. The van der Waals surface area contributed by atoms with Crippen LogP contribution < -0.4 is 64.4 Å². The molecule has 18 aromatic carbocycles. The molecule has 0 saturated carbocycles. The monoisotopic (exact) mass is 2740 g/mol. The van der Waals surface area contributed by atoms with Crippen LogP contribution in [0, 0.1) is 0 Å². The minimum absolute atomic E-state index is 1.28. The van der Waals surface area contributed by atoms with Crippen LogP contribution in [0.1, 0.15) is 89.9 Å². The van der Waals surface area contributed by atoms with E-state index in [-0.39, 0.29) is 0 Å². The summed E-state index contributed by atoms with van der Waals surface area (Å²) in [4.78, 5) is 0. The maximum absolute atomic E-state index is 3.70. The zero-order valence-electron chi connectivity index (χ0n) is 84.8. The van der Waals surface area contributed by atoms with Crippen LogP contribution >= 0.6 is 0 Å². The first kappa shape index (κ1) is 106. The van der Waals surface area contributed by atoms with Crippen LogP contribution in [0.2, 0.25) is 62.1 Å². The van der Waals surface area contributed by atoms with E-state index in [4.69, 9.17) is 0 Å². The van der Waals surface area contributed by atoms with Gasteiger partial charge in [0, 0.05) is 0 Å². The Hall–Kier alpha value is -7.65. The maximum atomic E-state index is 2.55. The van der Waals surface area contributed by atoms with Gasteiger partial charge in [-0.25, -0.2) is 0 Å². The molecular formula is C136H146Sn8. The molecule has 0 nitrogen and oxygen atoms in total. The van der Waals surface area contributed by atoms with E-state index in [0.29, 0.717) is 0 Å². The molecule has 0 aliphatic heterocycles. The molecule has 144 heavy (non-hydrogen) atoms. The Morgan fingerprint density at radius 3 is 0.208 bits per heavy atom. The zero-order valence-corrected chi connectivity index (χ0v) is 108. The van der Waals surface area contributed by atoms with Gasteiger partial charge in [-0.05, 0) is 0 Å². The Morgan fingerprint density at radius 1 is 0.0764 bits per heavy atom. The molecule has 0 aliphatic rings. The second kappa shape index (κ2) is 54.2. The Kier molecular flexibility index (Phi) is 40.0. The van der Waals surface area contributed by atoms with Crippen molar-refractivity contribution >= 4 is 211 Å². The van der Waals surface area contributed by atoms with Crippen molar-refractivity contribution in [1.29, 1.82) is 0 Å². The quantitative estimate of drug-likeness (QED) is 0.0263. The van der Waals surface area contributed by atoms with Gasteiger partial charge in [-0.1, -0.05) is 0 Å². The predicted molar refractivity (Wildman–Crippen MR) is 647 cm³/mol. The average molecular weight is 2730 g/mol. The van der Waals surface area contributed by atoms with Crippen LogP contribution in [-0.4, -0.2) is 147 Å². The van der Waals surface area contributed by atoms with Crippen molar-refractivity contribution in [3.8, 4) is 0 Å². The van der Waals surface area contributed by atoms with Crippen LogP contribution in [-0.2, 0) is 0 Å². The van der Waals surface area contributed by atoms with Crippen molar-refractivity contribution in [2.24, 2.45) is 0 Å². The van der Waals surface area contributed by atoms with E-state index in [0.717, 1.165) is 0 Å². The summed E-state index contributed by atoms with van der Waals surface area (Å²) in [5.74, 6) is 0. The van der Waals surface area contributed by atoms with E-state index in [1.807, 2.05) is 0 Å². The van der Waals surface area contributed by atoms with E-state index >= 15 is 0 Å². The molecule has 0 unspecified atom stereocenters. The van der Waals surface area contributed by atoms with Gasteiger partial charge in [-0.2, -0.15) is 0 Å². The second-order valence-electron chi connectivity index (χ2n) is 41.5. The van der Waals surface area contributed by atoms with Crippen molar-refractivity contribution < 1.29 is 0 Å². The fourth-order valence-corrected chi connectivity index (χ4v) is 142. The third kappa shape index (κ3) is 25.3. The van der Waals surface area contributed by atoms with Crippen LogP contribution in [0.15, 0.2) is 546 Å². The zero-order chi connectivity index (χ0) is 97.8. The summed E-state index contributed by atoms with van der Waals surface area (Å²) in [5, 5.41) is 0.